The smallest absolute Gasteiger partial charge is 0.0226 e. The van der Waals surface area contributed by atoms with Gasteiger partial charge in [0.2, 0.25) is 0 Å². The summed E-state index contributed by atoms with van der Waals surface area (Å²) in [6.07, 6.45) is 7.55. The van der Waals surface area contributed by atoms with E-state index in [1.165, 1.54) is 9.15 Å². The standard InChI is InChI=1S/C7H6I2/c8-5-7(9)6-3-1-2-4-6/h1-3,5H,4H2/b7-5+. The van der Waals surface area contributed by atoms with Crippen LogP contribution in [0.25, 0.3) is 0 Å². The normalized spacial score (nSPS) is 18.4. The van der Waals surface area contributed by atoms with Gasteiger partial charge in [0.05, 0.1) is 0 Å². The van der Waals surface area contributed by atoms with Gasteiger partial charge in [0.25, 0.3) is 0 Å². The van der Waals surface area contributed by atoms with E-state index in [1.807, 2.05) is 0 Å². The first kappa shape index (κ1) is 7.78. The lowest BCUT2D eigenvalue weighted by molar-refractivity contribution is 1.33. The average Bonchev–Trinajstić information content (AvgIpc) is 2.37. The van der Waals surface area contributed by atoms with E-state index in [2.05, 4.69) is 67.5 Å². The molecular weight excluding hydrogens is 338 g/mol. The molecule has 0 bridgehead atoms. The van der Waals surface area contributed by atoms with Crippen LogP contribution in [0.2, 0.25) is 0 Å². The van der Waals surface area contributed by atoms with Gasteiger partial charge in [0.15, 0.2) is 0 Å². The van der Waals surface area contributed by atoms with Crippen molar-refractivity contribution >= 4 is 45.2 Å². The van der Waals surface area contributed by atoms with E-state index < -0.39 is 0 Å². The van der Waals surface area contributed by atoms with Crippen LogP contribution in [-0.4, -0.2) is 0 Å². The molecule has 2 heteroatoms. The second-order valence-corrected chi connectivity index (χ2v) is 3.57. The molecule has 0 aromatic heterocycles. The fraction of sp³-hybridized carbons (Fsp3) is 0.143. The van der Waals surface area contributed by atoms with Gasteiger partial charge in [-0.05, 0) is 38.7 Å². The van der Waals surface area contributed by atoms with Crippen molar-refractivity contribution in [3.05, 3.63) is 31.5 Å². The quantitative estimate of drug-likeness (QED) is 0.638. The largest absolute Gasteiger partial charge is 0.0801 e. The number of hydrogen-bond donors (Lipinski definition) is 0. The molecule has 0 N–H and O–H groups in total. The molecule has 0 atom stereocenters. The second-order valence-electron chi connectivity index (χ2n) is 1.78. The van der Waals surface area contributed by atoms with Gasteiger partial charge >= 0.3 is 0 Å². The van der Waals surface area contributed by atoms with Crippen LogP contribution >= 0.6 is 45.2 Å². The van der Waals surface area contributed by atoms with Gasteiger partial charge in [-0.2, -0.15) is 0 Å². The van der Waals surface area contributed by atoms with Crippen molar-refractivity contribution in [2.24, 2.45) is 0 Å². The Labute approximate surface area is 82.4 Å². The van der Waals surface area contributed by atoms with Crippen molar-refractivity contribution in [3.63, 3.8) is 0 Å². The molecular formula is C7H6I2. The Morgan fingerprint density at radius 3 is 2.89 bits per heavy atom. The van der Waals surface area contributed by atoms with Gasteiger partial charge in [0.1, 0.15) is 0 Å². The Hall–Kier alpha value is 0.680. The molecule has 0 aromatic carbocycles. The monoisotopic (exact) mass is 344 g/mol. The molecule has 0 heterocycles. The van der Waals surface area contributed by atoms with Crippen molar-refractivity contribution < 1.29 is 0 Å². The Morgan fingerprint density at radius 1 is 1.67 bits per heavy atom. The maximum absolute atomic E-state index is 2.35. The summed E-state index contributed by atoms with van der Waals surface area (Å²) in [5, 5.41) is 0. The molecule has 0 saturated carbocycles. The molecule has 0 fully saturated rings. The van der Waals surface area contributed by atoms with Crippen LogP contribution in [0.15, 0.2) is 31.5 Å². The van der Waals surface area contributed by atoms with E-state index in [1.54, 1.807) is 0 Å². The van der Waals surface area contributed by atoms with Crippen LogP contribution in [0.5, 0.6) is 0 Å². The third-order valence-corrected chi connectivity index (χ3v) is 3.99. The van der Waals surface area contributed by atoms with Crippen molar-refractivity contribution in [1.82, 2.24) is 0 Å². The van der Waals surface area contributed by atoms with Gasteiger partial charge < -0.3 is 0 Å². The summed E-state index contributed by atoms with van der Waals surface area (Å²) in [5.41, 5.74) is 1.44. The SMILES string of the molecule is I/C=C(/I)C1=CC=CC1. The number of halogens is 2. The fourth-order valence-electron chi connectivity index (χ4n) is 0.694. The molecule has 0 saturated heterocycles. The van der Waals surface area contributed by atoms with Crippen LogP contribution in [-0.2, 0) is 0 Å². The van der Waals surface area contributed by atoms with Crippen molar-refractivity contribution in [3.8, 4) is 0 Å². The zero-order valence-electron chi connectivity index (χ0n) is 4.77. The highest BCUT2D eigenvalue weighted by Gasteiger charge is 2.00. The maximum atomic E-state index is 2.35. The number of rotatable bonds is 1. The molecule has 0 amide bonds. The van der Waals surface area contributed by atoms with Crippen LogP contribution in [0.3, 0.4) is 0 Å². The van der Waals surface area contributed by atoms with Crippen molar-refractivity contribution in [1.29, 1.82) is 0 Å². The molecule has 1 aliphatic carbocycles. The van der Waals surface area contributed by atoms with Crippen LogP contribution < -0.4 is 0 Å². The van der Waals surface area contributed by atoms with Crippen LogP contribution in [0.1, 0.15) is 6.42 Å². The van der Waals surface area contributed by atoms with E-state index in [9.17, 15) is 0 Å². The number of hydrogen-bond acceptors (Lipinski definition) is 0. The minimum Gasteiger partial charge on any atom is -0.0801 e. The minimum absolute atomic E-state index is 1.11. The molecule has 1 rings (SSSR count). The number of allylic oxidation sites excluding steroid dienone is 5. The fourth-order valence-corrected chi connectivity index (χ4v) is 1.49. The lowest BCUT2D eigenvalue weighted by Crippen LogP contribution is -1.72. The lowest BCUT2D eigenvalue weighted by Gasteiger charge is -1.94. The first-order valence-corrected chi connectivity index (χ1v) is 4.99. The van der Waals surface area contributed by atoms with Gasteiger partial charge in [-0.15, -0.1) is 0 Å². The zero-order chi connectivity index (χ0) is 6.69. The van der Waals surface area contributed by atoms with Crippen LogP contribution in [0, 0.1) is 0 Å². The van der Waals surface area contributed by atoms with Gasteiger partial charge in [-0.3, -0.25) is 0 Å². The molecule has 0 aliphatic heterocycles. The average molecular weight is 344 g/mol. The van der Waals surface area contributed by atoms with Gasteiger partial charge in [-0.1, -0.05) is 40.8 Å². The van der Waals surface area contributed by atoms with Gasteiger partial charge in [-0.25, -0.2) is 0 Å². The van der Waals surface area contributed by atoms with E-state index in [4.69, 9.17) is 0 Å². The van der Waals surface area contributed by atoms with Crippen molar-refractivity contribution in [2.45, 2.75) is 6.42 Å². The first-order valence-electron chi connectivity index (χ1n) is 2.66. The third kappa shape index (κ3) is 2.07. The third-order valence-electron chi connectivity index (χ3n) is 1.17. The zero-order valence-corrected chi connectivity index (χ0v) is 9.09. The minimum atomic E-state index is 1.11. The predicted molar refractivity (Wildman–Crippen MR) is 58.0 cm³/mol. The molecule has 1 aliphatic rings. The second kappa shape index (κ2) is 3.75. The molecule has 0 aromatic rings. The van der Waals surface area contributed by atoms with E-state index in [0.717, 1.165) is 6.42 Å². The summed E-state index contributed by atoms with van der Waals surface area (Å²) < 4.78 is 3.47. The summed E-state index contributed by atoms with van der Waals surface area (Å²) in [5.74, 6) is 0. The lowest BCUT2D eigenvalue weighted by atomic mass is 10.2. The predicted octanol–water partition coefficient (Wildman–Crippen LogP) is 3.58. The molecule has 9 heavy (non-hydrogen) atoms. The molecule has 0 radical (unpaired) electrons. The summed E-state index contributed by atoms with van der Waals surface area (Å²) >= 11 is 4.62. The molecule has 0 nitrogen and oxygen atoms in total. The van der Waals surface area contributed by atoms with Crippen LogP contribution in [0.4, 0.5) is 0 Å². The molecule has 0 spiro atoms. The highest BCUT2D eigenvalue weighted by molar-refractivity contribution is 14.1. The first-order chi connectivity index (χ1) is 4.34. The summed E-state index contributed by atoms with van der Waals surface area (Å²) in [6, 6.07) is 0. The summed E-state index contributed by atoms with van der Waals surface area (Å²) in [6.45, 7) is 0. The Balaban J connectivity index is 2.66. The van der Waals surface area contributed by atoms with Crippen molar-refractivity contribution in [2.75, 3.05) is 0 Å². The topological polar surface area (TPSA) is 0 Å². The van der Waals surface area contributed by atoms with E-state index in [-0.39, 0.29) is 0 Å². The molecule has 0 unspecified atom stereocenters. The Morgan fingerprint density at radius 2 is 2.44 bits per heavy atom. The Bertz CT molecular complexity index is 187. The van der Waals surface area contributed by atoms with E-state index >= 15 is 0 Å². The van der Waals surface area contributed by atoms with Gasteiger partial charge in [0, 0.05) is 3.58 Å². The van der Waals surface area contributed by atoms with E-state index in [0.29, 0.717) is 0 Å². The maximum Gasteiger partial charge on any atom is 0.0226 e. The highest BCUT2D eigenvalue weighted by Crippen LogP contribution is 2.25. The Kier molecular flexibility index (Phi) is 3.25. The summed E-state index contributed by atoms with van der Waals surface area (Å²) in [7, 11) is 0. The summed E-state index contributed by atoms with van der Waals surface area (Å²) in [4.78, 5) is 0. The molecule has 48 valence electrons. The highest BCUT2D eigenvalue weighted by atomic mass is 127.